The van der Waals surface area contributed by atoms with Gasteiger partial charge < -0.3 is 26.0 Å². The standard InChI is InChI=1S/C21H32N4O4/c22-21(28)23-13-5-3-4-8-20(27)29-16-19(26)24-17-9-11-18(12-10-17)25-14-6-1-2-7-15-25/h9-12H,1-8,13-16H2,(H,24,26)(H3,22,23,28). The average molecular weight is 405 g/mol. The zero-order chi connectivity index (χ0) is 20.9. The lowest BCUT2D eigenvalue weighted by Gasteiger charge is -2.22. The van der Waals surface area contributed by atoms with Gasteiger partial charge in [0.05, 0.1) is 0 Å². The second kappa shape index (κ2) is 12.6. The topological polar surface area (TPSA) is 114 Å². The predicted octanol–water partition coefficient (Wildman–Crippen LogP) is 2.78. The minimum atomic E-state index is -0.549. The molecule has 3 amide bonds. The second-order valence-corrected chi connectivity index (χ2v) is 7.26. The molecule has 0 spiro atoms. The number of hydrogen-bond donors (Lipinski definition) is 3. The van der Waals surface area contributed by atoms with Gasteiger partial charge in [0, 0.05) is 37.4 Å². The average Bonchev–Trinajstić information content (AvgIpc) is 2.99. The highest BCUT2D eigenvalue weighted by Crippen LogP contribution is 2.21. The third kappa shape index (κ3) is 9.32. The quantitative estimate of drug-likeness (QED) is 0.410. The lowest BCUT2D eigenvalue weighted by molar-refractivity contribution is -0.147. The van der Waals surface area contributed by atoms with E-state index in [4.69, 9.17) is 10.5 Å². The fourth-order valence-corrected chi connectivity index (χ4v) is 3.28. The normalized spacial score (nSPS) is 14.0. The predicted molar refractivity (Wildman–Crippen MR) is 113 cm³/mol. The van der Waals surface area contributed by atoms with Crippen molar-refractivity contribution in [2.24, 2.45) is 5.73 Å². The van der Waals surface area contributed by atoms with Crippen LogP contribution in [-0.2, 0) is 14.3 Å². The number of primary amides is 1. The number of benzene rings is 1. The summed E-state index contributed by atoms with van der Waals surface area (Å²) in [6.45, 7) is 2.34. The van der Waals surface area contributed by atoms with Crippen LogP contribution < -0.4 is 21.3 Å². The summed E-state index contributed by atoms with van der Waals surface area (Å²) in [4.78, 5) is 36.6. The summed E-state index contributed by atoms with van der Waals surface area (Å²) >= 11 is 0. The summed E-state index contributed by atoms with van der Waals surface area (Å²) in [7, 11) is 0. The molecule has 0 saturated carbocycles. The van der Waals surface area contributed by atoms with Gasteiger partial charge in [-0.1, -0.05) is 19.3 Å². The molecule has 0 atom stereocenters. The molecule has 1 heterocycles. The third-order valence-corrected chi connectivity index (χ3v) is 4.84. The van der Waals surface area contributed by atoms with Crippen LogP contribution in [-0.4, -0.2) is 44.1 Å². The molecule has 160 valence electrons. The molecule has 0 aromatic heterocycles. The Balaban J connectivity index is 1.62. The number of carbonyl (C=O) groups excluding carboxylic acids is 3. The SMILES string of the molecule is NC(=O)NCCCCCC(=O)OCC(=O)Nc1ccc(N2CCCCCC2)cc1. The molecule has 29 heavy (non-hydrogen) atoms. The zero-order valence-corrected chi connectivity index (χ0v) is 17.0. The Kier molecular flexibility index (Phi) is 9.82. The van der Waals surface area contributed by atoms with Gasteiger partial charge in [0.1, 0.15) is 0 Å². The van der Waals surface area contributed by atoms with Crippen molar-refractivity contribution in [2.45, 2.75) is 51.4 Å². The van der Waals surface area contributed by atoms with Crippen molar-refractivity contribution < 1.29 is 19.1 Å². The van der Waals surface area contributed by atoms with Crippen LogP contribution in [0.1, 0.15) is 51.4 Å². The van der Waals surface area contributed by atoms with E-state index in [1.807, 2.05) is 24.3 Å². The van der Waals surface area contributed by atoms with Crippen LogP contribution in [0.25, 0.3) is 0 Å². The molecule has 0 aliphatic carbocycles. The Morgan fingerprint density at radius 3 is 2.31 bits per heavy atom. The minimum absolute atomic E-state index is 0.244. The number of carbonyl (C=O) groups is 3. The number of hydrogen-bond acceptors (Lipinski definition) is 5. The maximum absolute atomic E-state index is 12.0. The molecule has 0 radical (unpaired) electrons. The van der Waals surface area contributed by atoms with Gasteiger partial charge in [0.25, 0.3) is 5.91 Å². The van der Waals surface area contributed by atoms with Crippen molar-refractivity contribution in [1.29, 1.82) is 0 Å². The van der Waals surface area contributed by atoms with Crippen molar-refractivity contribution in [1.82, 2.24) is 5.32 Å². The van der Waals surface area contributed by atoms with Crippen LogP contribution >= 0.6 is 0 Å². The van der Waals surface area contributed by atoms with Crippen LogP contribution in [0.15, 0.2) is 24.3 Å². The lowest BCUT2D eigenvalue weighted by atomic mass is 10.2. The van der Waals surface area contributed by atoms with Crippen molar-refractivity contribution >= 4 is 29.3 Å². The van der Waals surface area contributed by atoms with Gasteiger partial charge >= 0.3 is 12.0 Å². The molecule has 1 saturated heterocycles. The van der Waals surface area contributed by atoms with E-state index in [2.05, 4.69) is 15.5 Å². The number of nitrogens with zero attached hydrogens (tertiary/aromatic N) is 1. The van der Waals surface area contributed by atoms with Crippen LogP contribution in [0.3, 0.4) is 0 Å². The molecule has 4 N–H and O–H groups in total. The van der Waals surface area contributed by atoms with Gasteiger partial charge in [-0.05, 0) is 49.9 Å². The van der Waals surface area contributed by atoms with Gasteiger partial charge in [0.2, 0.25) is 0 Å². The van der Waals surface area contributed by atoms with E-state index in [0.29, 0.717) is 18.7 Å². The van der Waals surface area contributed by atoms with Crippen LogP contribution in [0.5, 0.6) is 0 Å². The highest BCUT2D eigenvalue weighted by Gasteiger charge is 2.11. The summed E-state index contributed by atoms with van der Waals surface area (Å²) < 4.78 is 5.00. The highest BCUT2D eigenvalue weighted by atomic mass is 16.5. The van der Waals surface area contributed by atoms with E-state index < -0.39 is 12.0 Å². The molecule has 1 aliphatic rings. The number of esters is 1. The second-order valence-electron chi connectivity index (χ2n) is 7.26. The molecule has 0 bridgehead atoms. The van der Waals surface area contributed by atoms with Gasteiger partial charge in [-0.25, -0.2) is 4.79 Å². The lowest BCUT2D eigenvalue weighted by Crippen LogP contribution is -2.29. The number of unbranched alkanes of at least 4 members (excludes halogenated alkanes) is 2. The molecule has 2 rings (SSSR count). The first-order valence-corrected chi connectivity index (χ1v) is 10.4. The van der Waals surface area contributed by atoms with E-state index in [0.717, 1.165) is 25.9 Å². The first-order valence-electron chi connectivity index (χ1n) is 10.4. The number of nitrogens with two attached hydrogens (primary N) is 1. The van der Waals surface area contributed by atoms with Crippen LogP contribution in [0.2, 0.25) is 0 Å². The monoisotopic (exact) mass is 404 g/mol. The van der Waals surface area contributed by atoms with Crippen molar-refractivity contribution in [3.8, 4) is 0 Å². The summed E-state index contributed by atoms with van der Waals surface area (Å²) in [5.74, 6) is -0.758. The highest BCUT2D eigenvalue weighted by molar-refractivity contribution is 5.92. The summed E-state index contributed by atoms with van der Waals surface area (Å²) in [5, 5.41) is 5.24. The van der Waals surface area contributed by atoms with Crippen molar-refractivity contribution in [2.75, 3.05) is 36.5 Å². The number of amides is 3. The molecule has 8 heteroatoms. The smallest absolute Gasteiger partial charge is 0.312 e. The van der Waals surface area contributed by atoms with Crippen LogP contribution in [0.4, 0.5) is 16.2 Å². The molecule has 1 aromatic carbocycles. The Hall–Kier alpha value is -2.77. The number of urea groups is 1. The van der Waals surface area contributed by atoms with E-state index >= 15 is 0 Å². The van der Waals surface area contributed by atoms with E-state index in [-0.39, 0.29) is 18.9 Å². The Labute approximate surface area is 172 Å². The number of rotatable bonds is 10. The van der Waals surface area contributed by atoms with Crippen LogP contribution in [0, 0.1) is 0 Å². The fraction of sp³-hybridized carbons (Fsp3) is 0.571. The van der Waals surface area contributed by atoms with Gasteiger partial charge in [-0.3, -0.25) is 9.59 Å². The third-order valence-electron chi connectivity index (χ3n) is 4.84. The molecular weight excluding hydrogens is 372 g/mol. The number of nitrogens with one attached hydrogen (secondary N) is 2. The van der Waals surface area contributed by atoms with Gasteiger partial charge in [0.15, 0.2) is 6.61 Å². The van der Waals surface area contributed by atoms with E-state index in [9.17, 15) is 14.4 Å². The molecule has 0 unspecified atom stereocenters. The van der Waals surface area contributed by atoms with E-state index in [1.165, 1.54) is 31.4 Å². The van der Waals surface area contributed by atoms with Gasteiger partial charge in [-0.2, -0.15) is 0 Å². The first kappa shape index (κ1) is 22.5. The molecule has 1 aliphatic heterocycles. The number of anilines is 2. The van der Waals surface area contributed by atoms with Gasteiger partial charge in [-0.15, -0.1) is 0 Å². The maximum atomic E-state index is 12.0. The van der Waals surface area contributed by atoms with Crippen molar-refractivity contribution in [3.63, 3.8) is 0 Å². The zero-order valence-electron chi connectivity index (χ0n) is 17.0. The molecule has 1 aromatic rings. The molecular formula is C21H32N4O4. The Bertz CT molecular complexity index is 655. The largest absolute Gasteiger partial charge is 0.456 e. The van der Waals surface area contributed by atoms with E-state index in [1.54, 1.807) is 0 Å². The minimum Gasteiger partial charge on any atom is -0.456 e. The molecule has 8 nitrogen and oxygen atoms in total. The maximum Gasteiger partial charge on any atom is 0.312 e. The Morgan fingerprint density at radius 2 is 1.66 bits per heavy atom. The molecule has 1 fully saturated rings. The summed E-state index contributed by atoms with van der Waals surface area (Å²) in [6, 6.07) is 7.23. The fourth-order valence-electron chi connectivity index (χ4n) is 3.28. The van der Waals surface area contributed by atoms with Crippen molar-refractivity contribution in [3.05, 3.63) is 24.3 Å². The first-order chi connectivity index (χ1) is 14.0. The number of ether oxygens (including phenoxy) is 1. The Morgan fingerprint density at radius 1 is 0.966 bits per heavy atom. The summed E-state index contributed by atoms with van der Waals surface area (Å²) in [6.07, 6.45) is 7.40. The summed E-state index contributed by atoms with van der Waals surface area (Å²) in [5.41, 5.74) is 6.82.